The zero-order valence-corrected chi connectivity index (χ0v) is 28.1. The van der Waals surface area contributed by atoms with Gasteiger partial charge in [-0.1, -0.05) is 82.6 Å². The number of amides is 1. The van der Waals surface area contributed by atoms with Crippen LogP contribution in [0.15, 0.2) is 83.8 Å². The van der Waals surface area contributed by atoms with Crippen molar-refractivity contribution in [2.45, 2.75) is 63.8 Å². The van der Waals surface area contributed by atoms with Crippen molar-refractivity contribution < 1.29 is 19.5 Å². The van der Waals surface area contributed by atoms with Gasteiger partial charge < -0.3 is 14.6 Å². The Balaban J connectivity index is 1.55. The number of rotatable bonds is 12. The standard InChI is InChI=1S/C35H37ClN4O5S/c1-34(2,3)46-32-28-18-27(44-21-26-15-12-24-8-6-7-9-29(24)38-26)16-17-30(28)39(20-23-10-13-25(36)14-11-23)31(32)19-35(4,5)33(41)37-22-45-40(42)43/h6-18H,19-22H2,1-5H3,(H,37,41). The molecule has 0 aliphatic rings. The van der Waals surface area contributed by atoms with E-state index in [4.69, 9.17) is 21.3 Å². The van der Waals surface area contributed by atoms with Crippen molar-refractivity contribution in [3.05, 3.63) is 111 Å². The summed E-state index contributed by atoms with van der Waals surface area (Å²) in [7, 11) is 0. The molecule has 5 aromatic rings. The first-order valence-corrected chi connectivity index (χ1v) is 16.1. The number of carbonyl (C=O) groups is 1. The lowest BCUT2D eigenvalue weighted by Gasteiger charge is -2.26. The second-order valence-electron chi connectivity index (χ2n) is 12.7. The first-order chi connectivity index (χ1) is 21.8. The van der Waals surface area contributed by atoms with E-state index in [9.17, 15) is 14.9 Å². The number of benzene rings is 3. The fourth-order valence-electron chi connectivity index (χ4n) is 5.23. The Kier molecular flexibility index (Phi) is 9.79. The number of nitrogens with one attached hydrogen (secondary N) is 1. The van der Waals surface area contributed by atoms with Gasteiger partial charge in [0.05, 0.1) is 11.2 Å². The van der Waals surface area contributed by atoms with E-state index in [2.05, 4.69) is 47.6 Å². The van der Waals surface area contributed by atoms with Gasteiger partial charge in [0.2, 0.25) is 5.91 Å². The Morgan fingerprint density at radius 3 is 2.48 bits per heavy atom. The molecular formula is C35H37ClN4O5S. The van der Waals surface area contributed by atoms with Crippen LogP contribution in [0.4, 0.5) is 0 Å². The maximum atomic E-state index is 13.3. The number of hydrogen-bond donors (Lipinski definition) is 1. The largest absolute Gasteiger partial charge is 0.487 e. The van der Waals surface area contributed by atoms with Crippen LogP contribution in [0.1, 0.15) is 51.6 Å². The molecule has 240 valence electrons. The van der Waals surface area contributed by atoms with Crippen molar-refractivity contribution in [2.24, 2.45) is 5.41 Å². The fourth-order valence-corrected chi connectivity index (χ4v) is 6.54. The third-order valence-corrected chi connectivity index (χ3v) is 8.95. The zero-order chi connectivity index (χ0) is 33.1. The molecule has 0 atom stereocenters. The predicted octanol–water partition coefficient (Wildman–Crippen LogP) is 8.21. The van der Waals surface area contributed by atoms with Crippen LogP contribution < -0.4 is 10.1 Å². The number of hydrogen-bond acceptors (Lipinski definition) is 7. The van der Waals surface area contributed by atoms with Crippen molar-refractivity contribution in [3.63, 3.8) is 0 Å². The van der Waals surface area contributed by atoms with Crippen LogP contribution in [0, 0.1) is 15.5 Å². The van der Waals surface area contributed by atoms with E-state index >= 15 is 0 Å². The minimum Gasteiger partial charge on any atom is -0.487 e. The molecule has 9 nitrogen and oxygen atoms in total. The Hall–Kier alpha value is -4.28. The van der Waals surface area contributed by atoms with Crippen molar-refractivity contribution in [2.75, 3.05) is 6.73 Å². The number of fused-ring (bicyclic) bond motifs is 2. The minimum absolute atomic E-state index is 0.147. The van der Waals surface area contributed by atoms with Crippen molar-refractivity contribution in [3.8, 4) is 5.75 Å². The molecule has 0 radical (unpaired) electrons. The smallest absolute Gasteiger partial charge is 0.296 e. The number of ether oxygens (including phenoxy) is 1. The van der Waals surface area contributed by atoms with Gasteiger partial charge in [0.1, 0.15) is 12.4 Å². The summed E-state index contributed by atoms with van der Waals surface area (Å²) >= 11 is 7.93. The molecule has 1 N–H and O–H groups in total. The molecule has 11 heteroatoms. The van der Waals surface area contributed by atoms with Gasteiger partial charge in [-0.25, -0.2) is 4.98 Å². The average molecular weight is 661 g/mol. The molecule has 0 aliphatic heterocycles. The molecule has 0 spiro atoms. The van der Waals surface area contributed by atoms with Crippen LogP contribution in [0.2, 0.25) is 5.02 Å². The number of nitrogens with zero attached hydrogens (tertiary/aromatic N) is 3. The molecule has 0 aliphatic carbocycles. The van der Waals surface area contributed by atoms with Crippen molar-refractivity contribution >= 4 is 51.1 Å². The topological polar surface area (TPSA) is 109 Å². The number of para-hydroxylation sites is 1. The Morgan fingerprint density at radius 2 is 1.76 bits per heavy atom. The van der Waals surface area contributed by atoms with Gasteiger partial charge in [-0.3, -0.25) is 9.63 Å². The molecule has 2 heterocycles. The van der Waals surface area contributed by atoms with Gasteiger partial charge in [0.25, 0.3) is 5.09 Å². The van der Waals surface area contributed by atoms with Gasteiger partial charge in [0, 0.05) is 55.0 Å². The summed E-state index contributed by atoms with van der Waals surface area (Å²) in [5, 5.41) is 15.0. The molecular weight excluding hydrogens is 624 g/mol. The summed E-state index contributed by atoms with van der Waals surface area (Å²) in [5.41, 5.74) is 3.87. The van der Waals surface area contributed by atoms with E-state index in [1.54, 1.807) is 11.8 Å². The van der Waals surface area contributed by atoms with E-state index in [-0.39, 0.29) is 10.7 Å². The Bertz CT molecular complexity index is 1880. The molecule has 1 amide bonds. The second kappa shape index (κ2) is 13.6. The number of thioether (sulfide) groups is 1. The predicted molar refractivity (Wildman–Crippen MR) is 183 cm³/mol. The maximum Gasteiger partial charge on any atom is 0.296 e. The van der Waals surface area contributed by atoms with Crippen LogP contribution in [0.5, 0.6) is 5.75 Å². The first kappa shape index (κ1) is 33.1. The van der Waals surface area contributed by atoms with E-state index in [0.29, 0.717) is 30.3 Å². The third kappa shape index (κ3) is 8.10. The van der Waals surface area contributed by atoms with Crippen molar-refractivity contribution in [1.29, 1.82) is 0 Å². The fraction of sp³-hybridized carbons (Fsp3) is 0.314. The summed E-state index contributed by atoms with van der Waals surface area (Å²) in [6.45, 7) is 10.5. The molecule has 0 fully saturated rings. The van der Waals surface area contributed by atoms with Crippen LogP contribution in [0.25, 0.3) is 21.8 Å². The molecule has 3 aromatic carbocycles. The minimum atomic E-state index is -0.926. The van der Waals surface area contributed by atoms with Crippen LogP contribution in [-0.4, -0.2) is 32.0 Å². The highest BCUT2D eigenvalue weighted by atomic mass is 35.5. The monoisotopic (exact) mass is 660 g/mol. The highest BCUT2D eigenvalue weighted by Crippen LogP contribution is 2.44. The normalized spacial score (nSPS) is 12.0. The van der Waals surface area contributed by atoms with Crippen molar-refractivity contribution in [1.82, 2.24) is 14.9 Å². The molecule has 0 bridgehead atoms. The molecule has 0 saturated heterocycles. The summed E-state index contributed by atoms with van der Waals surface area (Å²) in [4.78, 5) is 34.1. The summed E-state index contributed by atoms with van der Waals surface area (Å²) in [6, 6.07) is 25.8. The molecule has 5 rings (SSSR count). The summed E-state index contributed by atoms with van der Waals surface area (Å²) in [5.74, 6) is 0.360. The van der Waals surface area contributed by atoms with E-state index in [0.717, 1.165) is 43.7 Å². The van der Waals surface area contributed by atoms with Gasteiger partial charge in [-0.2, -0.15) is 0 Å². The highest BCUT2D eigenvalue weighted by molar-refractivity contribution is 8.00. The molecule has 2 aromatic heterocycles. The van der Waals surface area contributed by atoms with E-state index in [1.807, 2.05) is 80.6 Å². The molecule has 46 heavy (non-hydrogen) atoms. The Labute approximate surface area is 277 Å². The number of aromatic nitrogens is 2. The molecule has 0 saturated carbocycles. The van der Waals surface area contributed by atoms with Gasteiger partial charge >= 0.3 is 0 Å². The first-order valence-electron chi connectivity index (χ1n) is 14.9. The lowest BCUT2D eigenvalue weighted by atomic mass is 9.86. The van der Waals surface area contributed by atoms with Crippen LogP contribution >= 0.6 is 23.4 Å². The second-order valence-corrected chi connectivity index (χ2v) is 15.0. The van der Waals surface area contributed by atoms with Crippen LogP contribution in [-0.2, 0) is 29.2 Å². The third-order valence-electron chi connectivity index (χ3n) is 7.42. The van der Waals surface area contributed by atoms with Gasteiger partial charge in [-0.15, -0.1) is 21.9 Å². The number of pyridine rings is 1. The van der Waals surface area contributed by atoms with E-state index < -0.39 is 17.2 Å². The van der Waals surface area contributed by atoms with Crippen LogP contribution in [0.3, 0.4) is 0 Å². The maximum absolute atomic E-state index is 13.3. The number of carbonyl (C=O) groups excluding carboxylic acids is 1. The zero-order valence-electron chi connectivity index (χ0n) is 26.5. The van der Waals surface area contributed by atoms with E-state index in [1.165, 1.54) is 0 Å². The number of halogens is 1. The molecule has 0 unspecified atom stereocenters. The van der Waals surface area contributed by atoms with Gasteiger partial charge in [-0.05, 0) is 48.0 Å². The average Bonchev–Trinajstić information content (AvgIpc) is 3.26. The lowest BCUT2D eigenvalue weighted by molar-refractivity contribution is -0.758. The SMILES string of the molecule is CC(C)(C)Sc1c(CC(C)(C)C(=O)NCO[N+](=O)[O-])n(Cc2ccc(Cl)cc2)c2ccc(OCc3ccc4ccccc4n3)cc12. The summed E-state index contributed by atoms with van der Waals surface area (Å²) < 4.78 is 8.38. The van der Waals surface area contributed by atoms with Gasteiger partial charge in [0.15, 0.2) is 6.73 Å². The Morgan fingerprint density at radius 1 is 1.02 bits per heavy atom. The lowest BCUT2D eigenvalue weighted by Crippen LogP contribution is -2.40. The highest BCUT2D eigenvalue weighted by Gasteiger charge is 2.33. The summed E-state index contributed by atoms with van der Waals surface area (Å²) in [6.07, 6.45) is 0.370. The quantitative estimate of drug-likeness (QED) is 0.0622.